The van der Waals surface area contributed by atoms with E-state index in [1.807, 2.05) is 48.5 Å². The van der Waals surface area contributed by atoms with Gasteiger partial charge in [0.05, 0.1) is 35.0 Å². The van der Waals surface area contributed by atoms with Crippen molar-refractivity contribution in [2.24, 2.45) is 9.98 Å². The Kier molecular flexibility index (Phi) is 6.70. The van der Waals surface area contributed by atoms with Gasteiger partial charge in [-0.3, -0.25) is 9.79 Å². The second-order valence-electron chi connectivity index (χ2n) is 6.80. The van der Waals surface area contributed by atoms with E-state index in [-0.39, 0.29) is 11.7 Å². The summed E-state index contributed by atoms with van der Waals surface area (Å²) < 4.78 is 5.26. The average Bonchev–Trinajstić information content (AvgIpc) is 2.98. The van der Waals surface area contributed by atoms with Crippen molar-refractivity contribution in [2.75, 3.05) is 18.2 Å². The molecule has 0 saturated carbocycles. The van der Waals surface area contributed by atoms with Crippen molar-refractivity contribution in [3.63, 3.8) is 0 Å². The van der Waals surface area contributed by atoms with Crippen molar-refractivity contribution in [2.45, 2.75) is 6.42 Å². The van der Waals surface area contributed by atoms with Crippen LogP contribution in [0.1, 0.15) is 12.0 Å². The highest BCUT2D eigenvalue weighted by atomic mass is 35.5. The molecule has 0 spiro atoms. The lowest BCUT2D eigenvalue weighted by molar-refractivity contribution is -0.113. The molecule has 3 aromatic rings. The quantitative estimate of drug-likeness (QED) is 0.498. The number of rotatable bonds is 5. The number of carbonyl (C=O) groups excluding carboxylic acids is 1. The molecule has 1 heterocycles. The maximum atomic E-state index is 12.4. The molecule has 31 heavy (non-hydrogen) atoms. The summed E-state index contributed by atoms with van der Waals surface area (Å²) in [7, 11) is 1.64. The van der Waals surface area contributed by atoms with Gasteiger partial charge in [0.15, 0.2) is 0 Å². The highest BCUT2D eigenvalue weighted by Crippen LogP contribution is 2.33. The lowest BCUT2D eigenvalue weighted by Crippen LogP contribution is -2.16. The summed E-state index contributed by atoms with van der Waals surface area (Å²) in [5.74, 6) is 0.940. The minimum absolute atomic E-state index is 0.101. The second kappa shape index (κ2) is 9.81. The summed E-state index contributed by atoms with van der Waals surface area (Å²) in [4.78, 5) is 22.1. The summed E-state index contributed by atoms with van der Waals surface area (Å²) in [6.07, 6.45) is 0.542. The molecule has 0 aliphatic carbocycles. The number of halogens is 1. The fraction of sp³-hybridized carbons (Fsp3) is 0.125. The fourth-order valence-electron chi connectivity index (χ4n) is 3.07. The van der Waals surface area contributed by atoms with Crippen LogP contribution in [0.2, 0.25) is 5.02 Å². The molecule has 156 valence electrons. The number of nitrogens with one attached hydrogen (secondary N) is 1. The molecule has 1 aliphatic rings. The number of benzene rings is 3. The van der Waals surface area contributed by atoms with Crippen molar-refractivity contribution >= 4 is 57.1 Å². The average molecular weight is 450 g/mol. The lowest BCUT2D eigenvalue weighted by Gasteiger charge is -2.09. The van der Waals surface area contributed by atoms with Gasteiger partial charge in [-0.15, -0.1) is 11.8 Å². The highest BCUT2D eigenvalue weighted by Gasteiger charge is 2.17. The topological polar surface area (TPSA) is 63.1 Å². The minimum atomic E-state index is -0.101. The number of nitrogens with zero attached hydrogens (tertiary/aromatic N) is 2. The number of ether oxygens (including phenoxy) is 1. The first-order chi connectivity index (χ1) is 15.1. The molecule has 0 aromatic heterocycles. The second-order valence-corrected chi connectivity index (χ2v) is 8.29. The van der Waals surface area contributed by atoms with Gasteiger partial charge < -0.3 is 10.1 Å². The lowest BCUT2D eigenvalue weighted by atomic mass is 10.1. The minimum Gasteiger partial charge on any atom is -0.497 e. The number of anilines is 1. The van der Waals surface area contributed by atoms with Crippen LogP contribution in [-0.2, 0) is 4.79 Å². The van der Waals surface area contributed by atoms with E-state index in [2.05, 4.69) is 5.32 Å². The van der Waals surface area contributed by atoms with E-state index in [0.717, 1.165) is 33.4 Å². The standard InChI is InChI=1S/C24H20ClN3O2S/c1-30-19-12-6-16(7-13-19)22-14-24(28-21-5-3-2-4-20(21)27-22)31-15-23(29)26-18-10-8-17(25)9-11-18/h2-13H,14-15H2,1H3,(H,26,29). The number of methoxy groups -OCH3 is 1. The number of para-hydroxylation sites is 2. The normalized spacial score (nSPS) is 12.8. The third-order valence-corrected chi connectivity index (χ3v) is 5.85. The van der Waals surface area contributed by atoms with Crippen LogP contribution in [0.3, 0.4) is 0 Å². The molecule has 1 N–H and O–H groups in total. The molecular weight excluding hydrogens is 430 g/mol. The van der Waals surface area contributed by atoms with E-state index in [9.17, 15) is 4.79 Å². The Hall–Kier alpha value is -3.09. The van der Waals surface area contributed by atoms with Gasteiger partial charge in [-0.2, -0.15) is 0 Å². The van der Waals surface area contributed by atoms with Crippen molar-refractivity contribution in [3.8, 4) is 5.75 Å². The Balaban J connectivity index is 1.51. The summed E-state index contributed by atoms with van der Waals surface area (Å²) in [6.45, 7) is 0. The van der Waals surface area contributed by atoms with Crippen molar-refractivity contribution < 1.29 is 9.53 Å². The monoisotopic (exact) mass is 449 g/mol. The van der Waals surface area contributed by atoms with Crippen molar-refractivity contribution in [1.29, 1.82) is 0 Å². The summed E-state index contributed by atoms with van der Waals surface area (Å²) >= 11 is 7.32. The van der Waals surface area contributed by atoms with Crippen LogP contribution in [0.15, 0.2) is 82.8 Å². The van der Waals surface area contributed by atoms with E-state index < -0.39 is 0 Å². The maximum Gasteiger partial charge on any atom is 0.234 e. The van der Waals surface area contributed by atoms with Crippen LogP contribution in [0.25, 0.3) is 0 Å². The first kappa shape index (κ1) is 21.2. The molecule has 3 aromatic carbocycles. The van der Waals surface area contributed by atoms with Crippen molar-refractivity contribution in [1.82, 2.24) is 0 Å². The Morgan fingerprint density at radius 3 is 2.35 bits per heavy atom. The molecule has 0 atom stereocenters. The van der Waals surface area contributed by atoms with Gasteiger partial charge in [0.2, 0.25) is 5.91 Å². The molecule has 1 aliphatic heterocycles. The molecule has 4 rings (SSSR count). The van der Waals surface area contributed by atoms with Gasteiger partial charge in [-0.1, -0.05) is 23.7 Å². The van der Waals surface area contributed by atoms with E-state index in [1.165, 1.54) is 11.8 Å². The van der Waals surface area contributed by atoms with Gasteiger partial charge in [0.25, 0.3) is 0 Å². The smallest absolute Gasteiger partial charge is 0.234 e. The van der Waals surface area contributed by atoms with Crippen molar-refractivity contribution in [3.05, 3.63) is 83.4 Å². The molecule has 1 amide bonds. The Bertz CT molecular complexity index is 1140. The van der Waals surface area contributed by atoms with Gasteiger partial charge >= 0.3 is 0 Å². The van der Waals surface area contributed by atoms with Gasteiger partial charge in [0, 0.05) is 17.1 Å². The third kappa shape index (κ3) is 5.54. The number of hydrogen-bond acceptors (Lipinski definition) is 5. The maximum absolute atomic E-state index is 12.4. The third-order valence-electron chi connectivity index (χ3n) is 4.62. The number of fused-ring (bicyclic) bond motifs is 1. The Morgan fingerprint density at radius 2 is 1.68 bits per heavy atom. The van der Waals surface area contributed by atoms with Crippen LogP contribution in [0.5, 0.6) is 5.75 Å². The highest BCUT2D eigenvalue weighted by molar-refractivity contribution is 8.14. The summed E-state index contributed by atoms with van der Waals surface area (Å²) in [5.41, 5.74) is 4.22. The number of hydrogen-bond donors (Lipinski definition) is 1. The zero-order valence-electron chi connectivity index (χ0n) is 16.8. The molecule has 0 saturated heterocycles. The van der Waals surface area contributed by atoms with Crippen LogP contribution in [0, 0.1) is 0 Å². The predicted octanol–water partition coefficient (Wildman–Crippen LogP) is 6.28. The fourth-order valence-corrected chi connectivity index (χ4v) is 3.97. The molecule has 7 heteroatoms. The van der Waals surface area contributed by atoms with Crippen LogP contribution in [-0.4, -0.2) is 29.5 Å². The largest absolute Gasteiger partial charge is 0.497 e. The van der Waals surface area contributed by atoms with Gasteiger partial charge in [-0.05, 0) is 66.2 Å². The first-order valence-corrected chi connectivity index (χ1v) is 11.0. The Labute approximate surface area is 190 Å². The van der Waals surface area contributed by atoms with E-state index >= 15 is 0 Å². The van der Waals surface area contributed by atoms with Gasteiger partial charge in [0.1, 0.15) is 5.75 Å². The first-order valence-electron chi connectivity index (χ1n) is 9.67. The van der Waals surface area contributed by atoms with Crippen LogP contribution < -0.4 is 10.1 Å². The zero-order valence-corrected chi connectivity index (χ0v) is 18.4. The zero-order chi connectivity index (χ0) is 21.6. The number of carbonyl (C=O) groups is 1. The SMILES string of the molecule is COc1ccc(C2=Nc3ccccc3N=C(SCC(=O)Nc3ccc(Cl)cc3)C2)cc1. The number of thioether (sulfide) groups is 1. The molecule has 0 bridgehead atoms. The molecule has 0 fully saturated rings. The summed E-state index contributed by atoms with van der Waals surface area (Å²) in [6, 6.07) is 22.6. The van der Waals surface area contributed by atoms with Crippen LogP contribution >= 0.6 is 23.4 Å². The van der Waals surface area contributed by atoms with E-state index in [1.54, 1.807) is 31.4 Å². The number of aliphatic imine (C=N–C) groups is 2. The summed E-state index contributed by atoms with van der Waals surface area (Å²) in [5, 5.41) is 4.35. The van der Waals surface area contributed by atoms with Gasteiger partial charge in [-0.25, -0.2) is 4.99 Å². The number of amides is 1. The molecule has 5 nitrogen and oxygen atoms in total. The van der Waals surface area contributed by atoms with E-state index in [0.29, 0.717) is 17.1 Å². The van der Waals surface area contributed by atoms with Crippen LogP contribution in [0.4, 0.5) is 17.1 Å². The molecular formula is C24H20ClN3O2S. The Morgan fingerprint density at radius 1 is 1.00 bits per heavy atom. The molecule has 0 radical (unpaired) electrons. The van der Waals surface area contributed by atoms with E-state index in [4.69, 9.17) is 26.3 Å². The predicted molar refractivity (Wildman–Crippen MR) is 130 cm³/mol. The molecule has 0 unspecified atom stereocenters.